The molecule has 1 aromatic rings. The average molecular weight is 366 g/mol. The third-order valence-corrected chi connectivity index (χ3v) is 4.82. The van der Waals surface area contributed by atoms with Crippen LogP contribution < -0.4 is 4.72 Å². The van der Waals surface area contributed by atoms with E-state index < -0.39 is 11.3 Å². The molecule has 1 N–H and O–H groups in total. The molecule has 1 aromatic carbocycles. The van der Waals surface area contributed by atoms with Crippen molar-refractivity contribution in [2.45, 2.75) is 18.9 Å². The minimum absolute atomic E-state index is 0.0191. The maximum atomic E-state index is 12.5. The number of hydrogen-bond donors (Lipinski definition) is 1. The minimum Gasteiger partial charge on any atom is -0.755 e. The van der Waals surface area contributed by atoms with Crippen LogP contribution in [0.1, 0.15) is 23.2 Å². The van der Waals surface area contributed by atoms with Crippen LogP contribution in [0.15, 0.2) is 24.3 Å². The van der Waals surface area contributed by atoms with Gasteiger partial charge in [-0.1, -0.05) is 0 Å². The van der Waals surface area contributed by atoms with Crippen LogP contribution in [0.2, 0.25) is 0 Å². The SMILES string of the molecule is O=C(c1ccc(NS(=O)[O-])cc1)N1CCN(C(=O)C2CCCO2)CC1. The molecule has 9 heteroatoms. The second-order valence-corrected chi connectivity index (χ2v) is 6.71. The predicted octanol–water partition coefficient (Wildman–Crippen LogP) is 0.356. The summed E-state index contributed by atoms with van der Waals surface area (Å²) in [7, 11) is 0. The predicted molar refractivity (Wildman–Crippen MR) is 90.4 cm³/mol. The van der Waals surface area contributed by atoms with Crippen LogP contribution in [0.3, 0.4) is 0 Å². The van der Waals surface area contributed by atoms with Crippen LogP contribution in [-0.2, 0) is 20.8 Å². The molecule has 0 aromatic heterocycles. The summed E-state index contributed by atoms with van der Waals surface area (Å²) in [6.07, 6.45) is 1.36. The van der Waals surface area contributed by atoms with Gasteiger partial charge in [0.25, 0.3) is 11.8 Å². The Hall–Kier alpha value is -1.97. The molecular formula is C16H20N3O5S-. The van der Waals surface area contributed by atoms with Crippen molar-refractivity contribution in [2.24, 2.45) is 0 Å². The van der Waals surface area contributed by atoms with Gasteiger partial charge in [0.1, 0.15) is 6.10 Å². The number of carbonyl (C=O) groups excluding carboxylic acids is 2. The fourth-order valence-corrected chi connectivity index (χ4v) is 3.39. The highest BCUT2D eigenvalue weighted by atomic mass is 32.2. The van der Waals surface area contributed by atoms with Crippen LogP contribution >= 0.6 is 0 Å². The Morgan fingerprint density at radius 2 is 1.76 bits per heavy atom. The molecule has 2 amide bonds. The summed E-state index contributed by atoms with van der Waals surface area (Å²) < 4.78 is 28.8. The number of hydrogen-bond acceptors (Lipinski definition) is 5. The van der Waals surface area contributed by atoms with Gasteiger partial charge in [0.05, 0.1) is 0 Å². The number of anilines is 1. The largest absolute Gasteiger partial charge is 0.755 e. The first-order valence-corrected chi connectivity index (χ1v) is 9.28. The van der Waals surface area contributed by atoms with Gasteiger partial charge >= 0.3 is 0 Å². The molecule has 0 radical (unpaired) electrons. The van der Waals surface area contributed by atoms with Gasteiger partial charge in [0, 0.05) is 55.3 Å². The van der Waals surface area contributed by atoms with E-state index in [-0.39, 0.29) is 17.9 Å². The third-order valence-electron chi connectivity index (χ3n) is 4.42. The van der Waals surface area contributed by atoms with Crippen molar-refractivity contribution in [3.05, 3.63) is 29.8 Å². The van der Waals surface area contributed by atoms with Crippen molar-refractivity contribution in [1.82, 2.24) is 9.80 Å². The molecule has 0 bridgehead atoms. The molecule has 2 aliphatic rings. The Labute approximate surface area is 148 Å². The number of ether oxygens (including phenoxy) is 1. The Balaban J connectivity index is 1.54. The van der Waals surface area contributed by atoms with Gasteiger partial charge in [-0.15, -0.1) is 0 Å². The van der Waals surface area contributed by atoms with E-state index in [4.69, 9.17) is 4.74 Å². The van der Waals surface area contributed by atoms with Crippen molar-refractivity contribution >= 4 is 28.8 Å². The molecule has 2 aliphatic heterocycles. The molecule has 0 spiro atoms. The fourth-order valence-electron chi connectivity index (χ4n) is 3.07. The molecule has 8 nitrogen and oxygen atoms in total. The maximum Gasteiger partial charge on any atom is 0.253 e. The Morgan fingerprint density at radius 1 is 1.12 bits per heavy atom. The van der Waals surface area contributed by atoms with E-state index in [0.717, 1.165) is 12.8 Å². The number of nitrogens with zero attached hydrogens (tertiary/aromatic N) is 2. The second-order valence-electron chi connectivity index (χ2n) is 6.03. The lowest BCUT2D eigenvalue weighted by atomic mass is 10.1. The van der Waals surface area contributed by atoms with Crippen LogP contribution in [0.4, 0.5) is 5.69 Å². The van der Waals surface area contributed by atoms with E-state index in [1.54, 1.807) is 34.1 Å². The summed E-state index contributed by atoms with van der Waals surface area (Å²) in [6, 6.07) is 6.25. The number of rotatable bonds is 4. The summed E-state index contributed by atoms with van der Waals surface area (Å²) in [4.78, 5) is 28.3. The molecule has 2 unspecified atom stereocenters. The van der Waals surface area contributed by atoms with Crippen molar-refractivity contribution in [1.29, 1.82) is 0 Å². The van der Waals surface area contributed by atoms with Crippen molar-refractivity contribution in [2.75, 3.05) is 37.5 Å². The van der Waals surface area contributed by atoms with E-state index in [9.17, 15) is 18.4 Å². The van der Waals surface area contributed by atoms with E-state index in [1.165, 1.54) is 0 Å². The molecule has 2 heterocycles. The first-order chi connectivity index (χ1) is 12.0. The lowest BCUT2D eigenvalue weighted by Crippen LogP contribution is -2.52. The van der Waals surface area contributed by atoms with Gasteiger partial charge in [-0.25, -0.2) is 0 Å². The fraction of sp³-hybridized carbons (Fsp3) is 0.500. The monoisotopic (exact) mass is 366 g/mol. The summed E-state index contributed by atoms with van der Waals surface area (Å²) in [6.45, 7) is 2.59. The number of piperazine rings is 1. The molecule has 2 fully saturated rings. The minimum atomic E-state index is -2.39. The van der Waals surface area contributed by atoms with Crippen LogP contribution in [0, 0.1) is 0 Å². The highest BCUT2D eigenvalue weighted by molar-refractivity contribution is 7.80. The van der Waals surface area contributed by atoms with E-state index in [1.807, 2.05) is 0 Å². The van der Waals surface area contributed by atoms with E-state index >= 15 is 0 Å². The van der Waals surface area contributed by atoms with Crippen LogP contribution in [0.5, 0.6) is 0 Å². The van der Waals surface area contributed by atoms with Gasteiger partial charge in [-0.05, 0) is 37.1 Å². The third kappa shape index (κ3) is 4.36. The van der Waals surface area contributed by atoms with Gasteiger partial charge in [0.2, 0.25) is 0 Å². The maximum absolute atomic E-state index is 12.5. The van der Waals surface area contributed by atoms with Crippen molar-refractivity contribution in [3.8, 4) is 0 Å². The molecule has 2 saturated heterocycles. The molecule has 0 saturated carbocycles. The second kappa shape index (κ2) is 7.94. The first-order valence-electron chi connectivity index (χ1n) is 8.20. The average Bonchev–Trinajstić information content (AvgIpc) is 3.15. The van der Waals surface area contributed by atoms with Gasteiger partial charge in [-0.2, -0.15) is 0 Å². The van der Waals surface area contributed by atoms with E-state index in [2.05, 4.69) is 4.72 Å². The highest BCUT2D eigenvalue weighted by Gasteiger charge is 2.31. The Morgan fingerprint density at radius 3 is 2.32 bits per heavy atom. The zero-order valence-electron chi connectivity index (χ0n) is 13.7. The number of nitrogens with one attached hydrogen (secondary N) is 1. The lowest BCUT2D eigenvalue weighted by molar-refractivity contribution is -0.142. The zero-order valence-corrected chi connectivity index (χ0v) is 14.5. The molecule has 25 heavy (non-hydrogen) atoms. The molecule has 2 atom stereocenters. The molecule has 3 rings (SSSR count). The summed E-state index contributed by atoms with van der Waals surface area (Å²) in [5, 5.41) is 0. The normalized spacial score (nSPS) is 21.9. The Bertz CT molecular complexity index is 652. The highest BCUT2D eigenvalue weighted by Crippen LogP contribution is 2.17. The standard InChI is InChI=1S/C16H21N3O5S/c20-15(12-3-5-13(6-4-12)17-25(22)23)18-7-9-19(10-8-18)16(21)14-2-1-11-24-14/h3-6,14,17H,1-2,7-11H2,(H,22,23)/p-1. The van der Waals surface area contributed by atoms with Crippen molar-refractivity contribution in [3.63, 3.8) is 0 Å². The van der Waals surface area contributed by atoms with E-state index in [0.29, 0.717) is 44.0 Å². The number of carbonyl (C=O) groups is 2. The van der Waals surface area contributed by atoms with Crippen molar-refractivity contribution < 1.29 is 23.1 Å². The molecule has 0 aliphatic carbocycles. The summed E-state index contributed by atoms with van der Waals surface area (Å²) >= 11 is -2.39. The topological polar surface area (TPSA) is 102 Å². The smallest absolute Gasteiger partial charge is 0.253 e. The van der Waals surface area contributed by atoms with Gasteiger partial charge in [-0.3, -0.25) is 13.8 Å². The first kappa shape index (κ1) is 17.8. The van der Waals surface area contributed by atoms with Gasteiger partial charge in [0.15, 0.2) is 0 Å². The quantitative estimate of drug-likeness (QED) is 0.775. The molecular weight excluding hydrogens is 346 g/mol. The van der Waals surface area contributed by atoms with Crippen LogP contribution in [0.25, 0.3) is 0 Å². The number of benzene rings is 1. The van der Waals surface area contributed by atoms with Gasteiger partial charge < -0.3 is 23.8 Å². The summed E-state index contributed by atoms with van der Waals surface area (Å²) in [5.74, 6) is -0.107. The Kier molecular flexibility index (Phi) is 5.67. The lowest BCUT2D eigenvalue weighted by Gasteiger charge is -2.35. The zero-order chi connectivity index (χ0) is 17.8. The number of amides is 2. The van der Waals surface area contributed by atoms with Crippen LogP contribution in [-0.4, -0.2) is 69.3 Å². The molecule has 136 valence electrons. The summed E-state index contributed by atoms with van der Waals surface area (Å²) in [5.41, 5.74) is 0.887.